The van der Waals surface area contributed by atoms with Gasteiger partial charge in [-0.05, 0) is 25.0 Å². The number of hydrogen-bond donors (Lipinski definition) is 3. The van der Waals surface area contributed by atoms with Crippen LogP contribution in [0.25, 0.3) is 0 Å². The third kappa shape index (κ3) is 2.24. The zero-order valence-electron chi connectivity index (χ0n) is 11.2. The third-order valence-corrected chi connectivity index (χ3v) is 4.24. The molecule has 3 N–H and O–H groups in total. The molecule has 0 spiro atoms. The van der Waals surface area contributed by atoms with Crippen LogP contribution in [-0.2, 0) is 4.79 Å². The number of hydrogen-bond acceptors (Lipinski definition) is 3. The SMILES string of the molecule is O=C(O)c1cccc2c1NC1CCCCCC1C(=O)N2. The van der Waals surface area contributed by atoms with Gasteiger partial charge in [0.05, 0.1) is 22.9 Å². The van der Waals surface area contributed by atoms with E-state index in [9.17, 15) is 14.7 Å². The van der Waals surface area contributed by atoms with Crippen molar-refractivity contribution in [2.24, 2.45) is 5.92 Å². The van der Waals surface area contributed by atoms with Crippen LogP contribution in [0.4, 0.5) is 11.4 Å². The van der Waals surface area contributed by atoms with E-state index in [1.165, 1.54) is 0 Å². The highest BCUT2D eigenvalue weighted by Gasteiger charge is 2.34. The van der Waals surface area contributed by atoms with Crippen LogP contribution in [0.5, 0.6) is 0 Å². The van der Waals surface area contributed by atoms with E-state index >= 15 is 0 Å². The van der Waals surface area contributed by atoms with Crippen LogP contribution in [0.1, 0.15) is 42.5 Å². The number of carboxylic acids is 1. The lowest BCUT2D eigenvalue weighted by Crippen LogP contribution is -2.34. The number of aromatic carboxylic acids is 1. The molecule has 2 atom stereocenters. The smallest absolute Gasteiger partial charge is 0.337 e. The second-order valence-electron chi connectivity index (χ2n) is 5.52. The standard InChI is InChI=1S/C15H18N2O3/c18-14-9-5-2-1-3-7-11(9)16-13-10(15(19)20)6-4-8-12(13)17-14/h4,6,8-9,11,16H,1-3,5,7H2,(H,17,18)(H,19,20). The highest BCUT2D eigenvalue weighted by molar-refractivity contribution is 6.04. The Balaban J connectivity index is 2.03. The molecule has 1 aliphatic carbocycles. The van der Waals surface area contributed by atoms with Crippen molar-refractivity contribution in [2.75, 3.05) is 10.6 Å². The quantitative estimate of drug-likeness (QED) is 0.735. The van der Waals surface area contributed by atoms with Gasteiger partial charge in [0.15, 0.2) is 0 Å². The van der Waals surface area contributed by atoms with E-state index < -0.39 is 5.97 Å². The van der Waals surface area contributed by atoms with Gasteiger partial charge in [-0.1, -0.05) is 25.3 Å². The lowest BCUT2D eigenvalue weighted by Gasteiger charge is -2.22. The number of rotatable bonds is 1. The predicted molar refractivity (Wildman–Crippen MR) is 76.0 cm³/mol. The maximum absolute atomic E-state index is 12.3. The van der Waals surface area contributed by atoms with Crippen LogP contribution in [0.3, 0.4) is 0 Å². The molecule has 2 aliphatic rings. The summed E-state index contributed by atoms with van der Waals surface area (Å²) in [4.78, 5) is 23.7. The van der Waals surface area contributed by atoms with Crippen LogP contribution in [-0.4, -0.2) is 23.0 Å². The minimum absolute atomic E-state index is 0.00527. The van der Waals surface area contributed by atoms with Gasteiger partial charge in [0.2, 0.25) is 5.91 Å². The Morgan fingerprint density at radius 3 is 2.80 bits per heavy atom. The van der Waals surface area contributed by atoms with Crippen LogP contribution < -0.4 is 10.6 Å². The van der Waals surface area contributed by atoms with Gasteiger partial charge in [-0.2, -0.15) is 0 Å². The van der Waals surface area contributed by atoms with Gasteiger partial charge < -0.3 is 15.7 Å². The summed E-state index contributed by atoms with van der Waals surface area (Å²) in [6.07, 6.45) is 5.03. The number of carbonyl (C=O) groups is 2. The van der Waals surface area contributed by atoms with Gasteiger partial charge in [0.1, 0.15) is 0 Å². The van der Waals surface area contributed by atoms with Crippen molar-refractivity contribution in [3.63, 3.8) is 0 Å². The molecule has 2 unspecified atom stereocenters. The maximum Gasteiger partial charge on any atom is 0.337 e. The zero-order chi connectivity index (χ0) is 14.1. The monoisotopic (exact) mass is 274 g/mol. The summed E-state index contributed by atoms with van der Waals surface area (Å²) in [7, 11) is 0. The van der Waals surface area contributed by atoms with Gasteiger partial charge in [-0.25, -0.2) is 4.79 Å². The first-order chi connectivity index (χ1) is 9.66. The van der Waals surface area contributed by atoms with Crippen molar-refractivity contribution in [1.29, 1.82) is 0 Å². The fourth-order valence-corrected chi connectivity index (χ4v) is 3.20. The molecule has 0 bridgehead atoms. The number of anilines is 2. The molecule has 1 fully saturated rings. The van der Waals surface area contributed by atoms with Crippen LogP contribution >= 0.6 is 0 Å². The highest BCUT2D eigenvalue weighted by Crippen LogP contribution is 2.35. The topological polar surface area (TPSA) is 78.4 Å². The second kappa shape index (κ2) is 5.15. The molecule has 0 radical (unpaired) electrons. The Labute approximate surface area is 117 Å². The Morgan fingerprint density at radius 2 is 2.00 bits per heavy atom. The predicted octanol–water partition coefficient (Wildman–Crippen LogP) is 2.70. The molecular formula is C15H18N2O3. The Bertz CT molecular complexity index is 556. The van der Waals surface area contributed by atoms with Gasteiger partial charge in [0, 0.05) is 6.04 Å². The number of carbonyl (C=O) groups excluding carboxylic acids is 1. The summed E-state index contributed by atoms with van der Waals surface area (Å²) in [6.45, 7) is 0. The minimum Gasteiger partial charge on any atom is -0.478 e. The summed E-state index contributed by atoms with van der Waals surface area (Å²) in [5.74, 6) is -1.05. The Kier molecular flexibility index (Phi) is 3.34. The number of para-hydroxylation sites is 1. The number of carboxylic acid groups (broad SMARTS) is 1. The largest absolute Gasteiger partial charge is 0.478 e. The van der Waals surface area contributed by atoms with Crippen LogP contribution in [0.2, 0.25) is 0 Å². The van der Waals surface area contributed by atoms with Gasteiger partial charge in [-0.15, -0.1) is 0 Å². The van der Waals surface area contributed by atoms with Crippen molar-refractivity contribution in [3.05, 3.63) is 23.8 Å². The molecule has 3 rings (SSSR count). The number of amides is 1. The molecule has 1 aromatic rings. The van der Waals surface area contributed by atoms with Crippen molar-refractivity contribution in [3.8, 4) is 0 Å². The first-order valence-corrected chi connectivity index (χ1v) is 7.10. The molecule has 1 aliphatic heterocycles. The normalized spacial score (nSPS) is 25.3. The fraction of sp³-hybridized carbons (Fsp3) is 0.467. The summed E-state index contributed by atoms with van der Waals surface area (Å²) in [5.41, 5.74) is 1.33. The van der Waals surface area contributed by atoms with Crippen LogP contribution in [0.15, 0.2) is 18.2 Å². The Hall–Kier alpha value is -2.04. The lowest BCUT2D eigenvalue weighted by atomic mass is 9.94. The number of benzene rings is 1. The molecule has 106 valence electrons. The zero-order valence-corrected chi connectivity index (χ0v) is 11.2. The van der Waals surface area contributed by atoms with E-state index in [0.717, 1.165) is 32.1 Å². The molecule has 1 aromatic carbocycles. The summed E-state index contributed by atoms with van der Waals surface area (Å²) in [6, 6.07) is 5.00. The molecule has 5 nitrogen and oxygen atoms in total. The average Bonchev–Trinajstić information content (AvgIpc) is 2.71. The molecule has 1 saturated carbocycles. The second-order valence-corrected chi connectivity index (χ2v) is 5.52. The van der Waals surface area contributed by atoms with Gasteiger partial charge in [-0.3, -0.25) is 4.79 Å². The fourth-order valence-electron chi connectivity index (χ4n) is 3.20. The first kappa shape index (κ1) is 13.0. The van der Waals surface area contributed by atoms with Gasteiger partial charge in [0.25, 0.3) is 0 Å². The van der Waals surface area contributed by atoms with Crippen molar-refractivity contribution in [1.82, 2.24) is 0 Å². The van der Waals surface area contributed by atoms with E-state index in [0.29, 0.717) is 11.4 Å². The van der Waals surface area contributed by atoms with Crippen molar-refractivity contribution in [2.45, 2.75) is 38.1 Å². The lowest BCUT2D eigenvalue weighted by molar-refractivity contribution is -0.120. The summed E-state index contributed by atoms with van der Waals surface area (Å²) in [5, 5.41) is 15.5. The van der Waals surface area contributed by atoms with E-state index in [4.69, 9.17) is 0 Å². The third-order valence-electron chi connectivity index (χ3n) is 4.24. The van der Waals surface area contributed by atoms with Crippen LogP contribution in [0, 0.1) is 5.92 Å². The first-order valence-electron chi connectivity index (χ1n) is 7.10. The van der Waals surface area contributed by atoms with Crippen molar-refractivity contribution < 1.29 is 14.7 Å². The average molecular weight is 274 g/mol. The summed E-state index contributed by atoms with van der Waals surface area (Å²) < 4.78 is 0. The molecule has 5 heteroatoms. The number of nitrogens with one attached hydrogen (secondary N) is 2. The molecule has 20 heavy (non-hydrogen) atoms. The highest BCUT2D eigenvalue weighted by atomic mass is 16.4. The molecule has 0 saturated heterocycles. The number of fused-ring (bicyclic) bond motifs is 2. The Morgan fingerprint density at radius 1 is 1.20 bits per heavy atom. The maximum atomic E-state index is 12.3. The van der Waals surface area contributed by atoms with E-state index in [1.807, 2.05) is 0 Å². The summed E-state index contributed by atoms with van der Waals surface area (Å²) >= 11 is 0. The van der Waals surface area contributed by atoms with E-state index in [1.54, 1.807) is 18.2 Å². The van der Waals surface area contributed by atoms with Gasteiger partial charge >= 0.3 is 5.97 Å². The molecular weight excluding hydrogens is 256 g/mol. The molecule has 1 heterocycles. The molecule has 1 amide bonds. The van der Waals surface area contributed by atoms with Crippen molar-refractivity contribution >= 4 is 23.3 Å². The van der Waals surface area contributed by atoms with E-state index in [-0.39, 0.29) is 23.4 Å². The van der Waals surface area contributed by atoms with E-state index in [2.05, 4.69) is 10.6 Å². The molecule has 0 aromatic heterocycles. The minimum atomic E-state index is -0.976.